The van der Waals surface area contributed by atoms with Crippen molar-refractivity contribution in [1.82, 2.24) is 9.38 Å². The summed E-state index contributed by atoms with van der Waals surface area (Å²) in [5.74, 6) is 0.388. The number of carbonyl (C=O) groups excluding carboxylic acids is 2. The first-order valence-corrected chi connectivity index (χ1v) is 11.8. The van der Waals surface area contributed by atoms with E-state index in [0.29, 0.717) is 23.0 Å². The van der Waals surface area contributed by atoms with Gasteiger partial charge in [-0.2, -0.15) is 4.79 Å². The normalized spacial score (nSPS) is 16.9. The van der Waals surface area contributed by atoms with E-state index < -0.39 is 28.2 Å². The van der Waals surface area contributed by atoms with Crippen LogP contribution in [-0.4, -0.2) is 53.2 Å². The standard InChI is InChI=1S/C26H28ClN3O6/c1-26(2,3)36-24(32)29(4)15-13-22-28-14-16-30(22,25(33)34)20-9-11-21(12-10-20)35-23(31)19-7-5-18(17-27)6-8-19/h5-12,14,16H,13,15,17H2,1-4H3/p+1. The molecular formula is C26H29ClN3O6+. The Morgan fingerprint density at radius 2 is 1.69 bits per heavy atom. The zero-order valence-corrected chi connectivity index (χ0v) is 21.4. The molecule has 2 aromatic carbocycles. The molecule has 0 fully saturated rings. The van der Waals surface area contributed by atoms with Gasteiger partial charge >= 0.3 is 18.2 Å². The lowest BCUT2D eigenvalue weighted by molar-refractivity contribution is 0.0302. The maximum Gasteiger partial charge on any atom is 0.529 e. The molecule has 0 spiro atoms. The molecule has 0 saturated carbocycles. The predicted octanol–water partition coefficient (Wildman–Crippen LogP) is 5.77. The second-order valence-corrected chi connectivity index (χ2v) is 9.48. The molecule has 1 aliphatic heterocycles. The SMILES string of the molecule is CN(CCC1=NC=C[N+]1(C(=O)O)c1ccc(OC(=O)c2ccc(CCl)cc2)cc1)C(=O)OC(C)(C)C. The fraction of sp³-hybridized carbons (Fsp3) is 0.308. The number of nitrogens with zero attached hydrogens (tertiary/aromatic N) is 3. The Hall–Kier alpha value is -3.69. The summed E-state index contributed by atoms with van der Waals surface area (Å²) >= 11 is 5.78. The molecule has 1 unspecified atom stereocenters. The molecule has 10 heteroatoms. The van der Waals surface area contributed by atoms with Crippen molar-refractivity contribution in [3.8, 4) is 5.75 Å². The largest absolute Gasteiger partial charge is 0.529 e. The van der Waals surface area contributed by atoms with Gasteiger partial charge in [-0.3, -0.25) is 0 Å². The minimum atomic E-state index is -1.16. The van der Waals surface area contributed by atoms with Crippen molar-refractivity contribution in [2.75, 3.05) is 13.6 Å². The summed E-state index contributed by atoms with van der Waals surface area (Å²) in [6.07, 6.45) is 1.40. The Kier molecular flexibility index (Phi) is 8.17. The number of halogens is 1. The lowest BCUT2D eigenvalue weighted by Gasteiger charge is -2.28. The van der Waals surface area contributed by atoms with E-state index in [0.717, 1.165) is 5.56 Å². The molecule has 1 heterocycles. The van der Waals surface area contributed by atoms with E-state index in [1.165, 1.54) is 29.4 Å². The third kappa shape index (κ3) is 6.10. The summed E-state index contributed by atoms with van der Waals surface area (Å²) < 4.78 is 10.1. The van der Waals surface area contributed by atoms with Crippen LogP contribution in [0.2, 0.25) is 0 Å². The minimum Gasteiger partial charge on any atom is -0.444 e. The number of rotatable bonds is 7. The summed E-state index contributed by atoms with van der Waals surface area (Å²) in [6, 6.07) is 12.9. The Bertz CT molecular complexity index is 1190. The van der Waals surface area contributed by atoms with Crippen LogP contribution in [0, 0.1) is 0 Å². The van der Waals surface area contributed by atoms with Gasteiger partial charge < -0.3 is 19.5 Å². The highest BCUT2D eigenvalue weighted by atomic mass is 35.5. The third-order valence-corrected chi connectivity index (χ3v) is 5.71. The molecule has 0 bridgehead atoms. The number of quaternary nitrogens is 1. The molecule has 1 aliphatic rings. The molecule has 0 radical (unpaired) electrons. The molecule has 3 rings (SSSR count). The van der Waals surface area contributed by atoms with Gasteiger partial charge in [-0.1, -0.05) is 12.1 Å². The monoisotopic (exact) mass is 514 g/mol. The van der Waals surface area contributed by atoms with Crippen molar-refractivity contribution >= 4 is 41.3 Å². The molecule has 0 aliphatic carbocycles. The van der Waals surface area contributed by atoms with Crippen molar-refractivity contribution in [2.45, 2.75) is 38.7 Å². The summed E-state index contributed by atoms with van der Waals surface area (Å²) in [6.45, 7) is 5.53. The highest BCUT2D eigenvalue weighted by molar-refractivity contribution is 6.17. The quantitative estimate of drug-likeness (QED) is 0.217. The van der Waals surface area contributed by atoms with E-state index in [1.807, 2.05) is 0 Å². The van der Waals surface area contributed by atoms with Gasteiger partial charge in [0.2, 0.25) is 5.84 Å². The molecule has 1 atom stereocenters. The molecule has 0 saturated heterocycles. The van der Waals surface area contributed by atoms with Crippen LogP contribution in [0.3, 0.4) is 0 Å². The highest BCUT2D eigenvalue weighted by Gasteiger charge is 2.46. The fourth-order valence-corrected chi connectivity index (χ4v) is 3.68. The van der Waals surface area contributed by atoms with Gasteiger partial charge in [-0.05, 0) is 50.6 Å². The Morgan fingerprint density at radius 1 is 1.06 bits per heavy atom. The van der Waals surface area contributed by atoms with E-state index in [9.17, 15) is 19.5 Å². The summed E-state index contributed by atoms with van der Waals surface area (Å²) in [4.78, 5) is 42.8. The van der Waals surface area contributed by atoms with Gasteiger partial charge in [-0.25, -0.2) is 14.6 Å². The highest BCUT2D eigenvalue weighted by Crippen LogP contribution is 2.32. The first-order valence-electron chi connectivity index (χ1n) is 11.3. The topological polar surface area (TPSA) is 106 Å². The van der Waals surface area contributed by atoms with Crippen molar-refractivity contribution in [2.24, 2.45) is 4.99 Å². The molecular weight excluding hydrogens is 486 g/mol. The number of alkyl halides is 1. The lowest BCUT2D eigenvalue weighted by Crippen LogP contribution is -2.52. The molecule has 2 aromatic rings. The van der Waals surface area contributed by atoms with Crippen LogP contribution in [-0.2, 0) is 10.6 Å². The average molecular weight is 515 g/mol. The van der Waals surface area contributed by atoms with Crippen molar-refractivity contribution in [3.05, 3.63) is 72.1 Å². The first kappa shape index (κ1) is 26.9. The summed E-state index contributed by atoms with van der Waals surface area (Å²) in [5, 5.41) is 10.2. The lowest BCUT2D eigenvalue weighted by atomic mass is 10.1. The molecule has 1 N–H and O–H groups in total. The van der Waals surface area contributed by atoms with Crippen LogP contribution in [0.25, 0.3) is 0 Å². The number of hydrogen-bond donors (Lipinski definition) is 1. The van der Waals surface area contributed by atoms with Crippen molar-refractivity contribution < 1.29 is 29.0 Å². The Balaban J connectivity index is 1.73. The van der Waals surface area contributed by atoms with Crippen LogP contribution in [0.4, 0.5) is 15.3 Å². The van der Waals surface area contributed by atoms with Gasteiger partial charge in [0.15, 0.2) is 5.69 Å². The number of carboxylic acid groups (broad SMARTS) is 1. The van der Waals surface area contributed by atoms with E-state index >= 15 is 0 Å². The second-order valence-electron chi connectivity index (χ2n) is 9.21. The maximum absolute atomic E-state index is 12.4. The van der Waals surface area contributed by atoms with Crippen molar-refractivity contribution in [3.63, 3.8) is 0 Å². The number of amidine groups is 1. The van der Waals surface area contributed by atoms with E-state index in [-0.39, 0.29) is 18.7 Å². The van der Waals surface area contributed by atoms with Gasteiger partial charge in [0, 0.05) is 31.6 Å². The van der Waals surface area contributed by atoms with Gasteiger partial charge in [0.05, 0.1) is 18.2 Å². The third-order valence-electron chi connectivity index (χ3n) is 5.40. The Morgan fingerprint density at radius 3 is 2.25 bits per heavy atom. The molecule has 9 nitrogen and oxygen atoms in total. The fourth-order valence-electron chi connectivity index (χ4n) is 3.50. The van der Waals surface area contributed by atoms with Crippen molar-refractivity contribution in [1.29, 1.82) is 0 Å². The summed E-state index contributed by atoms with van der Waals surface area (Å²) in [7, 11) is 1.58. The van der Waals surface area contributed by atoms with Gasteiger partial charge in [0.1, 0.15) is 17.6 Å². The zero-order valence-electron chi connectivity index (χ0n) is 20.6. The van der Waals surface area contributed by atoms with Crippen LogP contribution in [0.15, 0.2) is 65.9 Å². The van der Waals surface area contributed by atoms with E-state index in [2.05, 4.69) is 4.99 Å². The second kappa shape index (κ2) is 10.9. The number of aliphatic imine (C=N–C) groups is 1. The zero-order chi connectivity index (χ0) is 26.5. The van der Waals surface area contributed by atoms with E-state index in [1.54, 1.807) is 64.2 Å². The number of benzene rings is 2. The van der Waals surface area contributed by atoms with Crippen LogP contribution < -0.4 is 9.22 Å². The number of amides is 2. The minimum absolute atomic E-state index is 0.198. The maximum atomic E-state index is 12.4. The predicted molar refractivity (Wildman–Crippen MR) is 137 cm³/mol. The van der Waals surface area contributed by atoms with Crippen LogP contribution in [0.1, 0.15) is 43.1 Å². The smallest absolute Gasteiger partial charge is 0.444 e. The average Bonchev–Trinajstić information content (AvgIpc) is 3.27. The Labute approximate surface area is 214 Å². The number of carbonyl (C=O) groups is 3. The van der Waals surface area contributed by atoms with E-state index in [4.69, 9.17) is 21.1 Å². The number of ether oxygens (including phenoxy) is 2. The number of hydrogen-bond acceptors (Lipinski definition) is 6. The summed E-state index contributed by atoms with van der Waals surface area (Å²) in [5.41, 5.74) is 1.00. The molecule has 190 valence electrons. The number of esters is 1. The van der Waals surface area contributed by atoms with Gasteiger partial charge in [-0.15, -0.1) is 16.1 Å². The van der Waals surface area contributed by atoms with Gasteiger partial charge in [0.25, 0.3) is 0 Å². The van der Waals surface area contributed by atoms with Crippen LogP contribution in [0.5, 0.6) is 5.75 Å². The first-order chi connectivity index (χ1) is 17.0. The van der Waals surface area contributed by atoms with Crippen LogP contribution >= 0.6 is 11.6 Å². The molecule has 0 aromatic heterocycles. The molecule has 2 amide bonds. The molecule has 36 heavy (non-hydrogen) atoms.